The second kappa shape index (κ2) is 4.03. The Morgan fingerprint density at radius 2 is 2.06 bits per heavy atom. The van der Waals surface area contributed by atoms with Crippen LogP contribution in [0.3, 0.4) is 0 Å². The average Bonchev–Trinajstić information content (AvgIpc) is 2.63. The van der Waals surface area contributed by atoms with Gasteiger partial charge in [-0.25, -0.2) is 13.6 Å². The molecule has 1 aromatic carbocycles. The zero-order valence-electron chi connectivity index (χ0n) is 8.49. The molecule has 17 heavy (non-hydrogen) atoms. The van der Waals surface area contributed by atoms with E-state index in [1.807, 2.05) is 0 Å². The summed E-state index contributed by atoms with van der Waals surface area (Å²) in [4.78, 5) is -0.0185. The average molecular weight is 255 g/mol. The number of nitrogen functional groups attached to an aromatic ring is 1. The highest BCUT2D eigenvalue weighted by molar-refractivity contribution is 7.89. The Labute approximate surface area is 96.7 Å². The Hall–Kier alpha value is -2.13. The fourth-order valence-electron chi connectivity index (χ4n) is 1.16. The van der Waals surface area contributed by atoms with E-state index in [-0.39, 0.29) is 16.9 Å². The molecule has 0 atom stereocenters. The van der Waals surface area contributed by atoms with Gasteiger partial charge < -0.3 is 15.5 Å². The van der Waals surface area contributed by atoms with E-state index in [0.717, 1.165) is 0 Å². The van der Waals surface area contributed by atoms with E-state index in [1.54, 1.807) is 6.07 Å². The van der Waals surface area contributed by atoms with E-state index in [0.29, 0.717) is 5.69 Å². The molecule has 5 N–H and O–H groups in total. The lowest BCUT2D eigenvalue weighted by Gasteiger charge is -2.03. The van der Waals surface area contributed by atoms with Crippen molar-refractivity contribution in [2.24, 2.45) is 5.14 Å². The largest absolute Gasteiger partial charge is 0.389 e. The minimum atomic E-state index is -3.74. The van der Waals surface area contributed by atoms with Crippen LogP contribution in [0.25, 0.3) is 0 Å². The van der Waals surface area contributed by atoms with Crippen molar-refractivity contribution in [3.05, 3.63) is 24.3 Å². The summed E-state index contributed by atoms with van der Waals surface area (Å²) in [7, 11) is -3.74. The van der Waals surface area contributed by atoms with Gasteiger partial charge in [-0.15, -0.1) is 0 Å². The molecule has 1 aromatic heterocycles. The van der Waals surface area contributed by atoms with Crippen LogP contribution in [0.2, 0.25) is 0 Å². The number of primary sulfonamides is 1. The van der Waals surface area contributed by atoms with Gasteiger partial charge in [0.05, 0.1) is 4.90 Å². The van der Waals surface area contributed by atoms with Crippen LogP contribution in [0.1, 0.15) is 0 Å². The van der Waals surface area contributed by atoms with Crippen molar-refractivity contribution in [1.29, 1.82) is 0 Å². The van der Waals surface area contributed by atoms with Crippen molar-refractivity contribution in [1.82, 2.24) is 10.2 Å². The Kier molecular flexibility index (Phi) is 2.69. The van der Waals surface area contributed by atoms with Crippen molar-refractivity contribution in [2.75, 3.05) is 11.1 Å². The van der Waals surface area contributed by atoms with Crippen LogP contribution in [0.15, 0.2) is 33.6 Å². The molecule has 0 aliphatic rings. The van der Waals surface area contributed by atoms with E-state index >= 15 is 0 Å². The molecule has 0 amide bonds. The number of nitrogens with two attached hydrogens (primary N) is 2. The second-order valence-corrected chi connectivity index (χ2v) is 4.70. The molecule has 90 valence electrons. The zero-order chi connectivity index (χ0) is 12.5. The molecule has 8 nitrogen and oxygen atoms in total. The van der Waals surface area contributed by atoms with Gasteiger partial charge in [-0.2, -0.15) is 0 Å². The fourth-order valence-corrected chi connectivity index (χ4v) is 1.72. The Morgan fingerprint density at radius 3 is 2.65 bits per heavy atom. The standard InChI is InChI=1S/C8H9N5O3S/c9-7-12-13-8(16-7)11-5-2-1-3-6(4-5)17(10,14)15/h1-4H,(H2,9,12)(H,11,13)(H2,10,14,15). The highest BCUT2D eigenvalue weighted by atomic mass is 32.2. The molecule has 0 spiro atoms. The Morgan fingerprint density at radius 1 is 1.29 bits per heavy atom. The monoisotopic (exact) mass is 255 g/mol. The number of rotatable bonds is 3. The van der Waals surface area contributed by atoms with Crippen LogP contribution in [0.5, 0.6) is 0 Å². The molecule has 0 saturated heterocycles. The molecule has 1 heterocycles. The third kappa shape index (κ3) is 2.71. The van der Waals surface area contributed by atoms with E-state index < -0.39 is 10.0 Å². The number of benzene rings is 1. The summed E-state index contributed by atoms with van der Waals surface area (Å²) in [5, 5.41) is 14.7. The summed E-state index contributed by atoms with van der Waals surface area (Å²) < 4.78 is 27.1. The molecule has 0 radical (unpaired) electrons. The van der Waals surface area contributed by atoms with Crippen LogP contribution >= 0.6 is 0 Å². The number of anilines is 3. The van der Waals surface area contributed by atoms with Gasteiger partial charge in [0.15, 0.2) is 0 Å². The number of aromatic nitrogens is 2. The number of hydrogen-bond acceptors (Lipinski definition) is 7. The third-order valence-electron chi connectivity index (χ3n) is 1.85. The highest BCUT2D eigenvalue weighted by Crippen LogP contribution is 2.18. The lowest BCUT2D eigenvalue weighted by atomic mass is 10.3. The molecule has 0 unspecified atom stereocenters. The summed E-state index contributed by atoms with van der Waals surface area (Å²) in [5.74, 6) is 0. The predicted octanol–water partition coefficient (Wildman–Crippen LogP) is 0.0428. The van der Waals surface area contributed by atoms with Gasteiger partial charge >= 0.3 is 12.0 Å². The minimum Gasteiger partial charge on any atom is -0.389 e. The Bertz CT molecular complexity index is 636. The molecule has 0 aliphatic carbocycles. The van der Waals surface area contributed by atoms with E-state index in [9.17, 15) is 8.42 Å². The molecule has 2 rings (SSSR count). The van der Waals surface area contributed by atoms with Crippen molar-refractivity contribution in [2.45, 2.75) is 4.90 Å². The first-order valence-corrected chi connectivity index (χ1v) is 5.98. The van der Waals surface area contributed by atoms with Gasteiger partial charge in [0.2, 0.25) is 10.0 Å². The van der Waals surface area contributed by atoms with E-state index in [1.165, 1.54) is 18.2 Å². The summed E-state index contributed by atoms with van der Waals surface area (Å²) in [6.07, 6.45) is 0. The number of nitrogens with one attached hydrogen (secondary N) is 1. The van der Waals surface area contributed by atoms with Gasteiger partial charge in [-0.1, -0.05) is 16.3 Å². The summed E-state index contributed by atoms with van der Waals surface area (Å²) >= 11 is 0. The van der Waals surface area contributed by atoms with E-state index in [4.69, 9.17) is 15.3 Å². The van der Waals surface area contributed by atoms with Gasteiger partial charge in [0.25, 0.3) is 0 Å². The molecule has 0 fully saturated rings. The third-order valence-corrected chi connectivity index (χ3v) is 2.77. The first-order valence-electron chi connectivity index (χ1n) is 4.44. The van der Waals surface area contributed by atoms with Crippen molar-refractivity contribution in [3.63, 3.8) is 0 Å². The van der Waals surface area contributed by atoms with Crippen molar-refractivity contribution in [3.8, 4) is 0 Å². The molecule has 0 saturated carbocycles. The lowest BCUT2D eigenvalue weighted by molar-refractivity contribution is 0.592. The van der Waals surface area contributed by atoms with Gasteiger partial charge in [-0.05, 0) is 18.2 Å². The maximum Gasteiger partial charge on any atom is 0.321 e. The van der Waals surface area contributed by atoms with Crippen LogP contribution in [0.4, 0.5) is 17.7 Å². The normalized spacial score (nSPS) is 11.4. The second-order valence-electron chi connectivity index (χ2n) is 3.14. The SMILES string of the molecule is Nc1nnc(Nc2cccc(S(N)(=O)=O)c2)o1. The van der Waals surface area contributed by atoms with Gasteiger partial charge in [0, 0.05) is 5.69 Å². The quantitative estimate of drug-likeness (QED) is 0.704. The van der Waals surface area contributed by atoms with Crippen LogP contribution < -0.4 is 16.2 Å². The number of nitrogens with zero attached hydrogens (tertiary/aromatic N) is 2. The maximum atomic E-state index is 11.1. The van der Waals surface area contributed by atoms with Gasteiger partial charge in [-0.3, -0.25) is 0 Å². The highest BCUT2D eigenvalue weighted by Gasteiger charge is 2.09. The zero-order valence-corrected chi connectivity index (χ0v) is 9.31. The topological polar surface area (TPSA) is 137 Å². The summed E-state index contributed by atoms with van der Waals surface area (Å²) in [6, 6.07) is 5.85. The van der Waals surface area contributed by atoms with Crippen LogP contribution in [0, 0.1) is 0 Å². The first-order chi connectivity index (χ1) is 7.95. The van der Waals surface area contributed by atoms with Crippen molar-refractivity contribution >= 4 is 27.7 Å². The Balaban J connectivity index is 2.28. The summed E-state index contributed by atoms with van der Waals surface area (Å²) in [6.45, 7) is 0. The molecular weight excluding hydrogens is 246 g/mol. The smallest absolute Gasteiger partial charge is 0.321 e. The lowest BCUT2D eigenvalue weighted by Crippen LogP contribution is -2.12. The van der Waals surface area contributed by atoms with Crippen LogP contribution in [-0.2, 0) is 10.0 Å². The molecular formula is C8H9N5O3S. The van der Waals surface area contributed by atoms with Gasteiger partial charge in [0.1, 0.15) is 0 Å². The number of sulfonamides is 1. The van der Waals surface area contributed by atoms with E-state index in [2.05, 4.69) is 15.5 Å². The maximum absolute atomic E-state index is 11.1. The molecule has 9 heteroatoms. The summed E-state index contributed by atoms with van der Waals surface area (Å²) in [5.41, 5.74) is 5.68. The number of hydrogen-bond donors (Lipinski definition) is 3. The molecule has 2 aromatic rings. The first kappa shape index (κ1) is 11.4. The molecule has 0 bridgehead atoms. The fraction of sp³-hybridized carbons (Fsp3) is 0. The minimum absolute atomic E-state index is 0.0185. The molecule has 0 aliphatic heterocycles. The van der Waals surface area contributed by atoms with Crippen LogP contribution in [-0.4, -0.2) is 18.6 Å². The van der Waals surface area contributed by atoms with Crippen molar-refractivity contribution < 1.29 is 12.8 Å². The predicted molar refractivity (Wildman–Crippen MR) is 59.8 cm³/mol.